The second-order valence-corrected chi connectivity index (χ2v) is 7.56. The second kappa shape index (κ2) is 7.24. The van der Waals surface area contributed by atoms with Crippen LogP contribution in [-0.4, -0.2) is 20.7 Å². The van der Waals surface area contributed by atoms with E-state index in [4.69, 9.17) is 14.5 Å². The van der Waals surface area contributed by atoms with Gasteiger partial charge in [0.2, 0.25) is 8.38 Å². The summed E-state index contributed by atoms with van der Waals surface area (Å²) in [6.07, 6.45) is 0. The normalized spacial score (nSPS) is 11.7. The van der Waals surface area contributed by atoms with Gasteiger partial charge in [-0.2, -0.15) is 8.78 Å². The van der Waals surface area contributed by atoms with Crippen LogP contribution in [0.25, 0.3) is 10.1 Å². The topological polar surface area (TPSA) is 110 Å². The zero-order chi connectivity index (χ0) is 19.8. The summed E-state index contributed by atoms with van der Waals surface area (Å²) in [6.45, 7) is 0. The largest absolute Gasteiger partial charge is 0.422 e. The summed E-state index contributed by atoms with van der Waals surface area (Å²) in [5, 5.41) is 10.9. The van der Waals surface area contributed by atoms with E-state index in [1.54, 1.807) is 0 Å². The first-order chi connectivity index (χ1) is 12.7. The van der Waals surface area contributed by atoms with E-state index >= 15 is 0 Å². The second-order valence-electron chi connectivity index (χ2n) is 5.33. The highest BCUT2D eigenvalue weighted by Gasteiger charge is 2.41. The summed E-state index contributed by atoms with van der Waals surface area (Å²) >= 11 is 1.01. The zero-order valence-corrected chi connectivity index (χ0v) is 14.9. The van der Waals surface area contributed by atoms with Gasteiger partial charge in [0.1, 0.15) is 10.6 Å². The molecule has 0 saturated carbocycles. The molecule has 0 aliphatic rings. The van der Waals surface area contributed by atoms with Crippen molar-refractivity contribution in [3.05, 3.63) is 69.1 Å². The standard InChI is InChI=1S/C16H10F2NO6PS/c17-16(18,26(23)24)10-1-6-13-9(7-10)8-14(27-13)15(20)25-12-4-2-11(3-5-12)19(21)22/h1-8,23-24H. The number of benzene rings is 2. The number of ether oxygens (including phenoxy) is 1. The molecule has 3 rings (SSSR count). The molecule has 3 aromatic rings. The number of esters is 1. The van der Waals surface area contributed by atoms with Gasteiger partial charge >= 0.3 is 11.6 Å². The van der Waals surface area contributed by atoms with E-state index < -0.39 is 30.5 Å². The molecule has 0 atom stereocenters. The van der Waals surface area contributed by atoms with Crippen molar-refractivity contribution in [2.24, 2.45) is 0 Å². The van der Waals surface area contributed by atoms with E-state index in [2.05, 4.69) is 0 Å². The molecule has 0 spiro atoms. The number of carbonyl (C=O) groups is 1. The Morgan fingerprint density at radius 2 is 1.81 bits per heavy atom. The molecule has 11 heteroatoms. The first-order valence-corrected chi connectivity index (χ1v) is 9.31. The Balaban J connectivity index is 1.84. The van der Waals surface area contributed by atoms with E-state index in [9.17, 15) is 23.7 Å². The lowest BCUT2D eigenvalue weighted by atomic mass is 10.1. The average Bonchev–Trinajstić information content (AvgIpc) is 3.05. The SMILES string of the molecule is O=C(Oc1ccc([N+](=O)[O-])cc1)c1cc2cc(C(F)(F)P(O)O)ccc2s1. The molecular formula is C16H10F2NO6PS. The summed E-state index contributed by atoms with van der Waals surface area (Å²) in [6, 6.07) is 9.75. The molecule has 0 aliphatic heterocycles. The quantitative estimate of drug-likeness (QED) is 0.211. The van der Waals surface area contributed by atoms with Crippen molar-refractivity contribution in [1.29, 1.82) is 0 Å². The molecule has 0 radical (unpaired) electrons. The fourth-order valence-electron chi connectivity index (χ4n) is 2.24. The Morgan fingerprint density at radius 1 is 1.15 bits per heavy atom. The van der Waals surface area contributed by atoms with Gasteiger partial charge in [0.05, 0.1) is 4.92 Å². The summed E-state index contributed by atoms with van der Waals surface area (Å²) in [7, 11) is -3.49. The lowest BCUT2D eigenvalue weighted by Gasteiger charge is -2.17. The van der Waals surface area contributed by atoms with Crippen molar-refractivity contribution >= 4 is 41.5 Å². The van der Waals surface area contributed by atoms with Gasteiger partial charge in [0.25, 0.3) is 5.69 Å². The minimum Gasteiger partial charge on any atom is -0.422 e. The van der Waals surface area contributed by atoms with Crippen LogP contribution in [-0.2, 0) is 5.66 Å². The van der Waals surface area contributed by atoms with Crippen LogP contribution >= 0.6 is 19.7 Å². The minimum absolute atomic E-state index is 0.0986. The number of alkyl halides is 2. The smallest absolute Gasteiger partial charge is 0.353 e. The Morgan fingerprint density at radius 3 is 2.41 bits per heavy atom. The highest BCUT2D eigenvalue weighted by atomic mass is 32.1. The molecule has 7 nitrogen and oxygen atoms in total. The number of rotatable bonds is 5. The van der Waals surface area contributed by atoms with Crippen molar-refractivity contribution in [3.8, 4) is 5.75 Å². The van der Waals surface area contributed by atoms with Crippen molar-refractivity contribution in [1.82, 2.24) is 0 Å². The summed E-state index contributed by atoms with van der Waals surface area (Å²) in [5.41, 5.74) is -4.51. The molecular weight excluding hydrogens is 403 g/mol. The molecule has 0 bridgehead atoms. The highest BCUT2D eigenvalue weighted by molar-refractivity contribution is 7.46. The molecule has 0 saturated heterocycles. The molecule has 0 fully saturated rings. The summed E-state index contributed by atoms with van der Waals surface area (Å²) in [5.74, 6) is -0.647. The summed E-state index contributed by atoms with van der Waals surface area (Å²) in [4.78, 5) is 40.1. The number of hydrogen-bond acceptors (Lipinski definition) is 7. The van der Waals surface area contributed by atoms with Crippen LogP contribution in [0.3, 0.4) is 0 Å². The molecule has 140 valence electrons. The molecule has 1 aromatic heterocycles. The van der Waals surface area contributed by atoms with Crippen LogP contribution in [0.15, 0.2) is 48.5 Å². The van der Waals surface area contributed by atoms with E-state index in [0.29, 0.717) is 10.1 Å². The fraction of sp³-hybridized carbons (Fsp3) is 0.0625. The van der Waals surface area contributed by atoms with E-state index in [1.807, 2.05) is 0 Å². The fourth-order valence-corrected chi connectivity index (χ4v) is 3.53. The Hall–Kier alpha value is -2.52. The predicted molar refractivity (Wildman–Crippen MR) is 95.1 cm³/mol. The number of thiophene rings is 1. The van der Waals surface area contributed by atoms with E-state index in [1.165, 1.54) is 36.4 Å². The molecule has 1 heterocycles. The maximum Gasteiger partial charge on any atom is 0.353 e. The van der Waals surface area contributed by atoms with E-state index in [0.717, 1.165) is 23.5 Å². The molecule has 0 aliphatic carbocycles. The Bertz CT molecular complexity index is 1020. The van der Waals surface area contributed by atoms with Gasteiger partial charge in [-0.05, 0) is 35.7 Å². The van der Waals surface area contributed by atoms with Gasteiger partial charge in [-0.15, -0.1) is 11.3 Å². The molecule has 0 amide bonds. The maximum absolute atomic E-state index is 13.7. The van der Waals surface area contributed by atoms with Crippen molar-refractivity contribution in [3.63, 3.8) is 0 Å². The van der Waals surface area contributed by atoms with Crippen LogP contribution in [0.5, 0.6) is 5.75 Å². The van der Waals surface area contributed by atoms with Crippen molar-refractivity contribution in [2.75, 3.05) is 0 Å². The number of hydrogen-bond donors (Lipinski definition) is 2. The first-order valence-electron chi connectivity index (χ1n) is 7.25. The van der Waals surface area contributed by atoms with Crippen molar-refractivity contribution in [2.45, 2.75) is 5.66 Å². The molecule has 2 N–H and O–H groups in total. The van der Waals surface area contributed by atoms with Gasteiger partial charge in [-0.1, -0.05) is 6.07 Å². The Kier molecular flexibility index (Phi) is 5.16. The summed E-state index contributed by atoms with van der Waals surface area (Å²) < 4.78 is 33.1. The number of nitro benzene ring substituents is 1. The first kappa shape index (κ1) is 19.2. The number of carbonyl (C=O) groups excluding carboxylic acids is 1. The lowest BCUT2D eigenvalue weighted by Crippen LogP contribution is -2.10. The van der Waals surface area contributed by atoms with E-state index in [-0.39, 0.29) is 16.3 Å². The van der Waals surface area contributed by atoms with Gasteiger partial charge in [-0.3, -0.25) is 10.1 Å². The Labute approximate surface area is 155 Å². The molecule has 0 unspecified atom stereocenters. The van der Waals surface area contributed by atoms with Crippen LogP contribution in [0.1, 0.15) is 15.2 Å². The maximum atomic E-state index is 13.7. The third-order valence-corrected chi connectivity index (χ3v) is 5.43. The number of fused-ring (bicyclic) bond motifs is 1. The average molecular weight is 413 g/mol. The van der Waals surface area contributed by atoms with Crippen LogP contribution < -0.4 is 4.74 Å². The third kappa shape index (κ3) is 3.93. The van der Waals surface area contributed by atoms with Gasteiger partial charge in [0, 0.05) is 22.4 Å². The van der Waals surface area contributed by atoms with Crippen LogP contribution in [0.4, 0.5) is 14.5 Å². The predicted octanol–water partition coefficient (Wildman–Crippen LogP) is 4.37. The number of non-ortho nitro benzene ring substituents is 1. The lowest BCUT2D eigenvalue weighted by molar-refractivity contribution is -0.384. The third-order valence-electron chi connectivity index (χ3n) is 3.57. The van der Waals surface area contributed by atoms with Gasteiger partial charge < -0.3 is 14.5 Å². The minimum atomic E-state index is -3.79. The number of halogens is 2. The monoisotopic (exact) mass is 413 g/mol. The van der Waals surface area contributed by atoms with Gasteiger partial charge in [-0.25, -0.2) is 4.79 Å². The van der Waals surface area contributed by atoms with Crippen molar-refractivity contribution < 1.29 is 33.0 Å². The van der Waals surface area contributed by atoms with Crippen LogP contribution in [0, 0.1) is 10.1 Å². The van der Waals surface area contributed by atoms with Gasteiger partial charge in [0.15, 0.2) is 0 Å². The number of nitrogens with zero attached hydrogens (tertiary/aromatic N) is 1. The molecule has 27 heavy (non-hydrogen) atoms. The zero-order valence-electron chi connectivity index (χ0n) is 13.2. The van der Waals surface area contributed by atoms with Crippen LogP contribution in [0.2, 0.25) is 0 Å². The number of nitro groups is 1. The highest BCUT2D eigenvalue weighted by Crippen LogP contribution is 2.53. The molecule has 2 aromatic carbocycles.